The van der Waals surface area contributed by atoms with Crippen LogP contribution in [-0.4, -0.2) is 34.3 Å². The fourth-order valence-electron chi connectivity index (χ4n) is 3.26. The first-order valence-electron chi connectivity index (χ1n) is 9.28. The van der Waals surface area contributed by atoms with Gasteiger partial charge in [0, 0.05) is 24.9 Å². The molecule has 0 saturated heterocycles. The Balaban J connectivity index is 1.47. The molecule has 1 aliphatic heterocycles. The van der Waals surface area contributed by atoms with Crippen LogP contribution < -0.4 is 10.1 Å². The normalized spacial score (nSPS) is 14.0. The predicted molar refractivity (Wildman–Crippen MR) is 107 cm³/mol. The zero-order valence-corrected chi connectivity index (χ0v) is 16.7. The molecular weight excluding hydrogens is 432 g/mol. The Morgan fingerprint density at radius 2 is 2.06 bits per heavy atom. The monoisotopic (exact) mass is 447 g/mol. The van der Waals surface area contributed by atoms with Crippen LogP contribution >= 0.6 is 11.6 Å². The van der Waals surface area contributed by atoms with Crippen LogP contribution in [0.25, 0.3) is 16.8 Å². The van der Waals surface area contributed by atoms with Crippen molar-refractivity contribution in [3.63, 3.8) is 0 Å². The smallest absolute Gasteiger partial charge is 0.333 e. The van der Waals surface area contributed by atoms with Gasteiger partial charge in [0.2, 0.25) is 5.88 Å². The molecule has 31 heavy (non-hydrogen) atoms. The second-order valence-electron chi connectivity index (χ2n) is 6.76. The molecule has 0 bridgehead atoms. The first kappa shape index (κ1) is 21.0. The molecule has 0 radical (unpaired) electrons. The average molecular weight is 448 g/mol. The summed E-state index contributed by atoms with van der Waals surface area (Å²) in [4.78, 5) is 15.6. The van der Waals surface area contributed by atoms with Gasteiger partial charge in [0.05, 0.1) is 16.2 Å². The number of ether oxygens (including phenoxy) is 1. The Hall–Kier alpha value is -3.30. The van der Waals surface area contributed by atoms with Gasteiger partial charge in [0.25, 0.3) is 0 Å². The largest absolute Gasteiger partial charge is 0.478 e. The molecule has 0 aliphatic carbocycles. The highest BCUT2D eigenvalue weighted by atomic mass is 35.5. The molecule has 2 N–H and O–H groups in total. The lowest BCUT2D eigenvalue weighted by molar-refractivity contribution is -0.132. The lowest BCUT2D eigenvalue weighted by atomic mass is 9.95. The number of halogens is 3. The fraction of sp³-hybridized carbons (Fsp3) is 0.190. The minimum Gasteiger partial charge on any atom is -0.478 e. The second kappa shape index (κ2) is 8.83. The maximum atomic E-state index is 14.0. The van der Waals surface area contributed by atoms with Crippen LogP contribution in [0.3, 0.4) is 0 Å². The Labute approximate surface area is 180 Å². The molecule has 0 spiro atoms. The summed E-state index contributed by atoms with van der Waals surface area (Å²) in [7, 11) is 0. The third-order valence-electron chi connectivity index (χ3n) is 4.78. The van der Waals surface area contributed by atoms with E-state index in [0.717, 1.165) is 17.7 Å². The van der Waals surface area contributed by atoms with Crippen LogP contribution in [0.15, 0.2) is 46.6 Å². The van der Waals surface area contributed by atoms with Crippen LogP contribution in [0.1, 0.15) is 17.7 Å². The summed E-state index contributed by atoms with van der Waals surface area (Å²) in [6.07, 6.45) is 2.14. The van der Waals surface area contributed by atoms with E-state index in [0.29, 0.717) is 30.6 Å². The molecule has 0 unspecified atom stereocenters. The van der Waals surface area contributed by atoms with Crippen LogP contribution in [-0.2, 0) is 11.4 Å². The van der Waals surface area contributed by atoms with Crippen LogP contribution in [0.2, 0.25) is 5.02 Å². The van der Waals surface area contributed by atoms with Crippen molar-refractivity contribution in [2.45, 2.75) is 13.0 Å². The molecule has 4 rings (SSSR count). The van der Waals surface area contributed by atoms with Crippen LogP contribution in [0, 0.1) is 11.6 Å². The molecule has 160 valence electrons. The number of aliphatic carboxylic acids is 1. The number of aromatic nitrogens is 2. The summed E-state index contributed by atoms with van der Waals surface area (Å²) in [5.41, 5.74) is 1.62. The molecule has 2 aromatic heterocycles. The van der Waals surface area contributed by atoms with Gasteiger partial charge in [-0.25, -0.2) is 18.6 Å². The number of hydrogen-bond donors (Lipinski definition) is 2. The van der Waals surface area contributed by atoms with Crippen molar-refractivity contribution in [1.82, 2.24) is 15.5 Å². The number of carboxylic acid groups (broad SMARTS) is 1. The molecule has 3 heterocycles. The van der Waals surface area contributed by atoms with Crippen molar-refractivity contribution in [2.24, 2.45) is 0 Å². The van der Waals surface area contributed by atoms with E-state index in [4.69, 9.17) is 20.9 Å². The third-order valence-corrected chi connectivity index (χ3v) is 5.15. The average Bonchev–Trinajstić information content (AvgIpc) is 3.24. The molecule has 0 fully saturated rings. The molecule has 7 nitrogen and oxygen atoms in total. The zero-order valence-electron chi connectivity index (χ0n) is 16.0. The number of hydrogen-bond acceptors (Lipinski definition) is 6. The van der Waals surface area contributed by atoms with Gasteiger partial charge in [-0.2, -0.15) is 0 Å². The lowest BCUT2D eigenvalue weighted by Gasteiger charge is -2.19. The summed E-state index contributed by atoms with van der Waals surface area (Å²) in [5, 5.41) is 15.7. The fourth-order valence-corrected chi connectivity index (χ4v) is 3.51. The van der Waals surface area contributed by atoms with Gasteiger partial charge in [-0.15, -0.1) is 0 Å². The number of carboxylic acids is 1. The Morgan fingerprint density at radius 1 is 1.26 bits per heavy atom. The highest BCUT2D eigenvalue weighted by Gasteiger charge is 2.20. The van der Waals surface area contributed by atoms with Crippen molar-refractivity contribution >= 4 is 23.1 Å². The van der Waals surface area contributed by atoms with E-state index < -0.39 is 17.6 Å². The summed E-state index contributed by atoms with van der Waals surface area (Å²) >= 11 is 5.84. The van der Waals surface area contributed by atoms with Crippen molar-refractivity contribution in [3.05, 3.63) is 70.1 Å². The molecule has 1 aliphatic rings. The van der Waals surface area contributed by atoms with E-state index in [9.17, 15) is 18.7 Å². The Morgan fingerprint density at radius 3 is 2.81 bits per heavy atom. The molecule has 3 aromatic rings. The van der Waals surface area contributed by atoms with Gasteiger partial charge in [0.1, 0.15) is 17.3 Å². The SMILES string of the molecule is O=C(O)C1=C(c2ccc(OCc3cc(-c4c(F)ccc(F)c4Cl)no3)nc2)CCNC1. The van der Waals surface area contributed by atoms with E-state index in [1.807, 2.05) is 0 Å². The number of benzene rings is 1. The van der Waals surface area contributed by atoms with Crippen molar-refractivity contribution in [3.8, 4) is 17.1 Å². The number of pyridine rings is 1. The molecule has 1 aromatic carbocycles. The number of nitrogens with one attached hydrogen (secondary N) is 1. The minimum atomic E-state index is -0.960. The van der Waals surface area contributed by atoms with E-state index in [1.54, 1.807) is 18.3 Å². The summed E-state index contributed by atoms with van der Waals surface area (Å²) < 4.78 is 38.3. The van der Waals surface area contributed by atoms with Crippen LogP contribution in [0.5, 0.6) is 5.88 Å². The number of nitrogens with zero attached hydrogens (tertiary/aromatic N) is 2. The molecule has 10 heteroatoms. The number of carbonyl (C=O) groups is 1. The topological polar surface area (TPSA) is 97.5 Å². The lowest BCUT2D eigenvalue weighted by Crippen LogP contribution is -2.28. The Bertz CT molecular complexity index is 1160. The Kier molecular flexibility index (Phi) is 5.97. The molecular formula is C21H16ClF2N3O4. The van der Waals surface area contributed by atoms with E-state index in [2.05, 4.69) is 15.5 Å². The predicted octanol–water partition coefficient (Wildman–Crippen LogP) is 4.08. The summed E-state index contributed by atoms with van der Waals surface area (Å²) in [5.74, 6) is -1.91. The van der Waals surface area contributed by atoms with Gasteiger partial charge in [-0.05, 0) is 42.3 Å². The number of rotatable bonds is 6. The summed E-state index contributed by atoms with van der Waals surface area (Å²) in [6, 6.07) is 6.64. The van der Waals surface area contributed by atoms with Gasteiger partial charge >= 0.3 is 5.97 Å². The van der Waals surface area contributed by atoms with Gasteiger partial charge in [-0.1, -0.05) is 16.8 Å². The first-order valence-corrected chi connectivity index (χ1v) is 9.66. The van der Waals surface area contributed by atoms with Crippen molar-refractivity contribution in [1.29, 1.82) is 0 Å². The quantitative estimate of drug-likeness (QED) is 0.549. The molecule has 0 saturated carbocycles. The van der Waals surface area contributed by atoms with Gasteiger partial charge < -0.3 is 19.7 Å². The maximum Gasteiger partial charge on any atom is 0.333 e. The molecule has 0 amide bonds. The van der Waals surface area contributed by atoms with Gasteiger partial charge in [0.15, 0.2) is 12.4 Å². The minimum absolute atomic E-state index is 0.0444. The third kappa shape index (κ3) is 4.42. The van der Waals surface area contributed by atoms with Gasteiger partial charge in [-0.3, -0.25) is 0 Å². The first-order chi connectivity index (χ1) is 14.9. The van der Waals surface area contributed by atoms with E-state index in [1.165, 1.54) is 6.07 Å². The van der Waals surface area contributed by atoms with E-state index in [-0.39, 0.29) is 34.5 Å². The highest BCUT2D eigenvalue weighted by Crippen LogP contribution is 2.32. The second-order valence-corrected chi connectivity index (χ2v) is 7.14. The van der Waals surface area contributed by atoms with Crippen molar-refractivity contribution in [2.75, 3.05) is 13.1 Å². The standard InChI is InChI=1S/C21H16ClF2N3O4/c22-20-16(24)3-2-15(23)19(20)17-7-12(31-27-17)10-30-18-4-1-11(8-26-18)13-5-6-25-9-14(13)21(28)29/h1-4,7-8,25H,5-6,9-10H2,(H,28,29). The highest BCUT2D eigenvalue weighted by molar-refractivity contribution is 6.33. The zero-order chi connectivity index (χ0) is 22.0. The van der Waals surface area contributed by atoms with E-state index >= 15 is 0 Å². The maximum absolute atomic E-state index is 14.0. The summed E-state index contributed by atoms with van der Waals surface area (Å²) in [6.45, 7) is 0.932. The molecule has 0 atom stereocenters. The van der Waals surface area contributed by atoms with Crippen molar-refractivity contribution < 1.29 is 27.9 Å². The van der Waals surface area contributed by atoms with Crippen LogP contribution in [0.4, 0.5) is 8.78 Å².